The molecule has 1 amide bonds. The van der Waals surface area contributed by atoms with Crippen LogP contribution in [0.3, 0.4) is 0 Å². The molecule has 0 aliphatic rings. The molecular weight excluding hydrogens is 310 g/mol. The summed E-state index contributed by atoms with van der Waals surface area (Å²) in [5.74, 6) is 0.129. The number of nitrogens with zero attached hydrogens (tertiary/aromatic N) is 2. The van der Waals surface area contributed by atoms with Crippen LogP contribution in [0.25, 0.3) is 0 Å². The minimum atomic E-state index is -0.269. The van der Waals surface area contributed by atoms with Gasteiger partial charge in [0.05, 0.1) is 19.2 Å². The molecule has 112 valence electrons. The van der Waals surface area contributed by atoms with Gasteiger partial charge in [-0.2, -0.15) is 0 Å². The molecule has 1 atom stereocenters. The van der Waals surface area contributed by atoms with E-state index >= 15 is 0 Å². The van der Waals surface area contributed by atoms with Crippen LogP contribution >= 0.6 is 22.9 Å². The third kappa shape index (κ3) is 4.15. The summed E-state index contributed by atoms with van der Waals surface area (Å²) in [6.45, 7) is 2.04. The Morgan fingerprint density at radius 2 is 2.33 bits per heavy atom. The Hall–Kier alpha value is -1.66. The highest BCUT2D eigenvalue weighted by Crippen LogP contribution is 2.27. The maximum atomic E-state index is 12.5. The van der Waals surface area contributed by atoms with Crippen molar-refractivity contribution < 1.29 is 9.53 Å². The van der Waals surface area contributed by atoms with E-state index in [1.807, 2.05) is 13.0 Å². The summed E-state index contributed by atoms with van der Waals surface area (Å²) in [4.78, 5) is 20.6. The first-order chi connectivity index (χ1) is 10.1. The van der Waals surface area contributed by atoms with Crippen molar-refractivity contribution in [3.63, 3.8) is 0 Å². The largest absolute Gasteiger partial charge is 0.481 e. The lowest BCUT2D eigenvalue weighted by atomic mass is 9.94. The average Bonchev–Trinajstić information content (AvgIpc) is 2.89. The van der Waals surface area contributed by atoms with Gasteiger partial charge in [-0.15, -0.1) is 0 Å². The molecule has 2 aromatic rings. The van der Waals surface area contributed by atoms with Gasteiger partial charge in [0, 0.05) is 12.3 Å². The van der Waals surface area contributed by atoms with Crippen LogP contribution in [-0.4, -0.2) is 23.0 Å². The fourth-order valence-corrected chi connectivity index (χ4v) is 2.81. The molecule has 7 heteroatoms. The number of nitrogens with one attached hydrogen (secondary N) is 1. The lowest BCUT2D eigenvalue weighted by Gasteiger charge is -2.16. The van der Waals surface area contributed by atoms with Crippen LogP contribution in [0.15, 0.2) is 24.5 Å². The number of hydrogen-bond donors (Lipinski definition) is 1. The lowest BCUT2D eigenvalue weighted by molar-refractivity contribution is -0.117. The quantitative estimate of drug-likeness (QED) is 0.879. The molecule has 5 nitrogen and oxygen atoms in total. The number of rotatable bonds is 6. The van der Waals surface area contributed by atoms with Crippen LogP contribution in [0.1, 0.15) is 31.2 Å². The Morgan fingerprint density at radius 1 is 1.52 bits per heavy atom. The van der Waals surface area contributed by atoms with Crippen LogP contribution in [0.5, 0.6) is 5.88 Å². The van der Waals surface area contributed by atoms with E-state index in [4.69, 9.17) is 16.3 Å². The number of pyridine rings is 1. The first-order valence-corrected chi connectivity index (χ1v) is 7.75. The number of methoxy groups -OCH3 is 1. The molecule has 1 unspecified atom stereocenters. The molecule has 0 spiro atoms. The molecule has 2 rings (SSSR count). The zero-order valence-corrected chi connectivity index (χ0v) is 13.4. The predicted octanol–water partition coefficient (Wildman–Crippen LogP) is 3.72. The highest BCUT2D eigenvalue weighted by atomic mass is 35.5. The molecule has 21 heavy (non-hydrogen) atoms. The maximum absolute atomic E-state index is 12.5. The van der Waals surface area contributed by atoms with E-state index in [9.17, 15) is 4.79 Å². The predicted molar refractivity (Wildman–Crippen MR) is 84.2 cm³/mol. The van der Waals surface area contributed by atoms with Gasteiger partial charge >= 0.3 is 0 Å². The van der Waals surface area contributed by atoms with Crippen molar-refractivity contribution in [3.8, 4) is 5.88 Å². The number of thiazole rings is 1. The number of carbonyl (C=O) groups is 1. The summed E-state index contributed by atoms with van der Waals surface area (Å²) in [6.07, 6.45) is 4.79. The van der Waals surface area contributed by atoms with Crippen molar-refractivity contribution >= 4 is 34.0 Å². The van der Waals surface area contributed by atoms with Gasteiger partial charge in [0.1, 0.15) is 4.34 Å². The molecule has 2 aromatic heterocycles. The van der Waals surface area contributed by atoms with Crippen molar-refractivity contribution in [1.82, 2.24) is 9.97 Å². The lowest BCUT2D eigenvalue weighted by Crippen LogP contribution is -2.21. The normalized spacial score (nSPS) is 12.0. The van der Waals surface area contributed by atoms with Gasteiger partial charge in [0.2, 0.25) is 11.8 Å². The standard InChI is InChI=1S/C14H16ClN3O2S/c1-3-4-10(9-5-6-16-12(7-9)20-2)13(19)18-14-17-8-11(15)21-14/h5-8,10H,3-4H2,1-2H3,(H,17,18,19). The summed E-state index contributed by atoms with van der Waals surface area (Å²) < 4.78 is 5.66. The molecular formula is C14H16ClN3O2S. The van der Waals surface area contributed by atoms with E-state index in [1.165, 1.54) is 17.5 Å². The molecule has 0 aromatic carbocycles. The number of hydrogen-bond acceptors (Lipinski definition) is 5. The van der Waals surface area contributed by atoms with Crippen molar-refractivity contribution in [2.75, 3.05) is 12.4 Å². The van der Waals surface area contributed by atoms with Gasteiger partial charge in [-0.25, -0.2) is 9.97 Å². The van der Waals surface area contributed by atoms with E-state index in [2.05, 4.69) is 15.3 Å². The summed E-state index contributed by atoms with van der Waals surface area (Å²) >= 11 is 7.06. The summed E-state index contributed by atoms with van der Waals surface area (Å²) in [6, 6.07) is 3.62. The number of carbonyl (C=O) groups excluding carboxylic acids is 1. The van der Waals surface area contributed by atoms with Gasteiger partial charge in [-0.3, -0.25) is 4.79 Å². The first kappa shape index (κ1) is 15.7. The van der Waals surface area contributed by atoms with E-state index in [0.29, 0.717) is 15.3 Å². The summed E-state index contributed by atoms with van der Waals surface area (Å²) in [7, 11) is 1.55. The molecule has 0 aliphatic heterocycles. The topological polar surface area (TPSA) is 64.1 Å². The van der Waals surface area contributed by atoms with E-state index in [0.717, 1.165) is 18.4 Å². The van der Waals surface area contributed by atoms with Crippen LogP contribution in [-0.2, 0) is 4.79 Å². The molecule has 0 radical (unpaired) electrons. The number of ether oxygens (including phenoxy) is 1. The molecule has 1 N–H and O–H groups in total. The van der Waals surface area contributed by atoms with Crippen molar-refractivity contribution in [2.24, 2.45) is 0 Å². The van der Waals surface area contributed by atoms with Gasteiger partial charge in [0.25, 0.3) is 0 Å². The Bertz CT molecular complexity index is 618. The van der Waals surface area contributed by atoms with Crippen molar-refractivity contribution in [3.05, 3.63) is 34.4 Å². The average molecular weight is 326 g/mol. The smallest absolute Gasteiger partial charge is 0.233 e. The fourth-order valence-electron chi connectivity index (χ4n) is 2.00. The monoisotopic (exact) mass is 325 g/mol. The Kier molecular flexibility index (Phi) is 5.52. The third-order valence-corrected chi connectivity index (χ3v) is 4.00. The molecule has 0 saturated heterocycles. The zero-order valence-electron chi connectivity index (χ0n) is 11.8. The second-order valence-corrected chi connectivity index (χ2v) is 6.09. The second-order valence-electron chi connectivity index (χ2n) is 4.43. The Balaban J connectivity index is 2.18. The van der Waals surface area contributed by atoms with E-state index in [-0.39, 0.29) is 11.8 Å². The highest BCUT2D eigenvalue weighted by Gasteiger charge is 2.21. The molecule has 2 heterocycles. The molecule has 0 saturated carbocycles. The van der Waals surface area contributed by atoms with E-state index in [1.54, 1.807) is 19.4 Å². The number of amides is 1. The van der Waals surface area contributed by atoms with Crippen molar-refractivity contribution in [2.45, 2.75) is 25.7 Å². The zero-order chi connectivity index (χ0) is 15.2. The molecule has 0 fully saturated rings. The van der Waals surface area contributed by atoms with Gasteiger partial charge < -0.3 is 10.1 Å². The van der Waals surface area contributed by atoms with Gasteiger partial charge in [-0.05, 0) is 18.1 Å². The fraction of sp³-hybridized carbons (Fsp3) is 0.357. The summed E-state index contributed by atoms with van der Waals surface area (Å²) in [5.41, 5.74) is 0.879. The van der Waals surface area contributed by atoms with E-state index < -0.39 is 0 Å². The summed E-state index contributed by atoms with van der Waals surface area (Å²) in [5, 5.41) is 3.31. The first-order valence-electron chi connectivity index (χ1n) is 6.56. The molecule has 0 aliphatic carbocycles. The number of aromatic nitrogens is 2. The van der Waals surface area contributed by atoms with Gasteiger partial charge in [-0.1, -0.05) is 36.3 Å². The third-order valence-electron chi connectivity index (χ3n) is 2.97. The van der Waals surface area contributed by atoms with Gasteiger partial charge in [0.15, 0.2) is 5.13 Å². The van der Waals surface area contributed by atoms with Crippen LogP contribution in [0.2, 0.25) is 4.34 Å². The minimum Gasteiger partial charge on any atom is -0.481 e. The highest BCUT2D eigenvalue weighted by molar-refractivity contribution is 7.19. The Labute approximate surface area is 132 Å². The number of halogens is 1. The Morgan fingerprint density at radius 3 is 2.95 bits per heavy atom. The maximum Gasteiger partial charge on any atom is 0.233 e. The van der Waals surface area contributed by atoms with Crippen LogP contribution in [0, 0.1) is 0 Å². The van der Waals surface area contributed by atoms with Crippen LogP contribution in [0.4, 0.5) is 5.13 Å². The number of anilines is 1. The van der Waals surface area contributed by atoms with Crippen molar-refractivity contribution in [1.29, 1.82) is 0 Å². The minimum absolute atomic E-state index is 0.101. The second kappa shape index (κ2) is 7.38. The molecule has 0 bridgehead atoms. The van der Waals surface area contributed by atoms with Crippen LogP contribution < -0.4 is 10.1 Å². The SMILES string of the molecule is CCCC(C(=O)Nc1ncc(Cl)s1)c1ccnc(OC)c1.